The number of aromatic amines is 1. The summed E-state index contributed by atoms with van der Waals surface area (Å²) in [5, 5.41) is 0. The van der Waals surface area contributed by atoms with Crippen molar-refractivity contribution in [1.82, 2.24) is 14.5 Å². The lowest BCUT2D eigenvalue weighted by Crippen LogP contribution is -2.45. The van der Waals surface area contributed by atoms with Gasteiger partial charge in [-0.2, -0.15) is 0 Å². The molecule has 0 aliphatic carbocycles. The Morgan fingerprint density at radius 1 is 1.00 bits per heavy atom. The Morgan fingerprint density at radius 3 is 2.53 bits per heavy atom. The van der Waals surface area contributed by atoms with Crippen molar-refractivity contribution in [3.05, 3.63) is 100 Å². The minimum Gasteiger partial charge on any atom is -0.489 e. The van der Waals surface area contributed by atoms with E-state index in [1.54, 1.807) is 0 Å². The van der Waals surface area contributed by atoms with Gasteiger partial charge in [0, 0.05) is 24.7 Å². The van der Waals surface area contributed by atoms with Crippen LogP contribution in [0.4, 0.5) is 0 Å². The molecule has 1 aliphatic heterocycles. The van der Waals surface area contributed by atoms with Crippen molar-refractivity contribution < 1.29 is 9.53 Å². The van der Waals surface area contributed by atoms with Crippen LogP contribution in [0.5, 0.6) is 5.75 Å². The smallest absolute Gasteiger partial charge is 0.326 e. The molecule has 6 nitrogen and oxygen atoms in total. The molecule has 3 aromatic carbocycles. The average Bonchev–Trinajstić information content (AvgIpc) is 3.23. The molecule has 0 spiro atoms. The van der Waals surface area contributed by atoms with Gasteiger partial charge in [0.15, 0.2) is 5.78 Å². The average molecular weight is 456 g/mol. The molecule has 1 atom stereocenters. The molecule has 1 saturated heterocycles. The first-order valence-electron chi connectivity index (χ1n) is 11.8. The number of rotatable bonds is 7. The summed E-state index contributed by atoms with van der Waals surface area (Å²) in [7, 11) is 0. The molecule has 1 aromatic heterocycles. The fourth-order valence-electron chi connectivity index (χ4n) is 4.86. The first-order valence-corrected chi connectivity index (χ1v) is 11.8. The van der Waals surface area contributed by atoms with Gasteiger partial charge in [-0.05, 0) is 49.6 Å². The molecular formula is C28H29N3O3. The number of aromatic nitrogens is 2. The topological polar surface area (TPSA) is 67.3 Å². The number of ether oxygens (including phenoxy) is 1. The number of piperidine rings is 1. The highest BCUT2D eigenvalue weighted by Gasteiger charge is 2.29. The third-order valence-electron chi connectivity index (χ3n) is 6.78. The summed E-state index contributed by atoms with van der Waals surface area (Å²) in [5.74, 6) is 0.784. The molecule has 1 fully saturated rings. The Balaban J connectivity index is 1.22. The van der Waals surface area contributed by atoms with Crippen LogP contribution in [0.15, 0.2) is 83.7 Å². The van der Waals surface area contributed by atoms with Crippen molar-refractivity contribution in [1.29, 1.82) is 0 Å². The van der Waals surface area contributed by atoms with Crippen LogP contribution in [-0.2, 0) is 6.61 Å². The molecule has 0 radical (unpaired) electrons. The van der Waals surface area contributed by atoms with Crippen molar-refractivity contribution in [3.63, 3.8) is 0 Å². The van der Waals surface area contributed by atoms with Gasteiger partial charge in [-0.1, -0.05) is 54.6 Å². The molecule has 5 rings (SSSR count). The lowest BCUT2D eigenvalue weighted by molar-refractivity contribution is 0.0775. The minimum absolute atomic E-state index is 0.0592. The molecule has 34 heavy (non-hydrogen) atoms. The molecular weight excluding hydrogens is 426 g/mol. The van der Waals surface area contributed by atoms with E-state index in [0.717, 1.165) is 42.5 Å². The zero-order chi connectivity index (χ0) is 23.5. The predicted octanol–water partition coefficient (Wildman–Crippen LogP) is 4.82. The minimum atomic E-state index is -0.231. The number of imidazole rings is 1. The Labute approximate surface area is 198 Å². The third kappa shape index (κ3) is 4.54. The van der Waals surface area contributed by atoms with Gasteiger partial charge in [-0.15, -0.1) is 0 Å². The van der Waals surface area contributed by atoms with E-state index in [-0.39, 0.29) is 23.6 Å². The molecule has 0 amide bonds. The quantitative estimate of drug-likeness (QED) is 0.406. The van der Waals surface area contributed by atoms with E-state index in [4.69, 9.17) is 4.74 Å². The number of likely N-dealkylation sites (tertiary alicyclic amines) is 1. The number of H-pyrrole nitrogens is 1. The second-order valence-corrected chi connectivity index (χ2v) is 8.93. The maximum absolute atomic E-state index is 13.3. The van der Waals surface area contributed by atoms with Crippen molar-refractivity contribution in [2.75, 3.05) is 13.1 Å². The normalized spacial score (nSPS) is 15.9. The zero-order valence-electron chi connectivity index (χ0n) is 19.3. The summed E-state index contributed by atoms with van der Waals surface area (Å²) in [4.78, 5) is 31.0. The van der Waals surface area contributed by atoms with E-state index in [0.29, 0.717) is 17.9 Å². The summed E-state index contributed by atoms with van der Waals surface area (Å²) >= 11 is 0. The molecule has 2 heterocycles. The first kappa shape index (κ1) is 22.2. The molecule has 1 N–H and O–H groups in total. The molecule has 0 bridgehead atoms. The number of ketones is 1. The third-order valence-corrected chi connectivity index (χ3v) is 6.78. The highest BCUT2D eigenvalue weighted by molar-refractivity contribution is 6.00. The summed E-state index contributed by atoms with van der Waals surface area (Å²) in [6, 6.07) is 25.1. The number of fused-ring (bicyclic) bond motifs is 1. The Bertz CT molecular complexity index is 1330. The highest BCUT2D eigenvalue weighted by atomic mass is 16.5. The number of nitrogens with zero attached hydrogens (tertiary/aromatic N) is 2. The maximum atomic E-state index is 13.3. The number of carbonyl (C=O) groups is 1. The number of hydrogen-bond acceptors (Lipinski definition) is 4. The van der Waals surface area contributed by atoms with E-state index in [1.807, 2.05) is 90.4 Å². The van der Waals surface area contributed by atoms with Crippen LogP contribution in [0.25, 0.3) is 11.0 Å². The molecule has 0 saturated carbocycles. The monoisotopic (exact) mass is 455 g/mol. The number of nitrogens with one attached hydrogen (secondary N) is 1. The first-order chi connectivity index (χ1) is 16.6. The number of Topliss-reactive ketones (excluding diaryl/α,β-unsaturated/α-hetero) is 1. The molecule has 1 aliphatic rings. The van der Waals surface area contributed by atoms with Crippen molar-refractivity contribution in [2.45, 2.75) is 38.5 Å². The van der Waals surface area contributed by atoms with E-state index < -0.39 is 0 Å². The summed E-state index contributed by atoms with van der Waals surface area (Å²) in [6.07, 6.45) is 1.67. The number of hydrogen-bond donors (Lipinski definition) is 1. The SMILES string of the molecule is CC(C(=O)c1cccc(OCc2ccccc2)c1)N1CCC(n2c(=O)[nH]c3ccccc32)CC1. The van der Waals surface area contributed by atoms with Crippen molar-refractivity contribution in [3.8, 4) is 5.75 Å². The van der Waals surface area contributed by atoms with Gasteiger partial charge in [0.1, 0.15) is 12.4 Å². The van der Waals surface area contributed by atoms with Gasteiger partial charge >= 0.3 is 5.69 Å². The molecule has 6 heteroatoms. The van der Waals surface area contributed by atoms with Crippen LogP contribution < -0.4 is 10.4 Å². The maximum Gasteiger partial charge on any atom is 0.326 e. The Morgan fingerprint density at radius 2 is 1.74 bits per heavy atom. The fourth-order valence-corrected chi connectivity index (χ4v) is 4.86. The van der Waals surface area contributed by atoms with E-state index >= 15 is 0 Å². The van der Waals surface area contributed by atoms with Crippen LogP contribution >= 0.6 is 0 Å². The van der Waals surface area contributed by atoms with Crippen LogP contribution in [0, 0.1) is 0 Å². The summed E-state index contributed by atoms with van der Waals surface area (Å²) in [6.45, 7) is 3.98. The van der Waals surface area contributed by atoms with Crippen molar-refractivity contribution in [2.24, 2.45) is 0 Å². The molecule has 4 aromatic rings. The number of para-hydroxylation sites is 2. The number of carbonyl (C=O) groups excluding carboxylic acids is 1. The van der Waals surface area contributed by atoms with Gasteiger partial charge in [0.05, 0.1) is 17.1 Å². The second kappa shape index (κ2) is 9.69. The standard InChI is InChI=1S/C28H29N3O3/c1-20(27(32)22-10-7-11-24(18-22)34-19-21-8-3-2-4-9-21)30-16-14-23(15-17-30)31-26-13-6-5-12-25(26)29-28(31)33/h2-13,18,20,23H,14-17,19H2,1H3,(H,29,33). The van der Waals surface area contributed by atoms with Crippen LogP contribution in [0.1, 0.15) is 41.7 Å². The summed E-state index contributed by atoms with van der Waals surface area (Å²) in [5.41, 5.74) is 3.50. The van der Waals surface area contributed by atoms with Gasteiger partial charge < -0.3 is 9.72 Å². The van der Waals surface area contributed by atoms with E-state index in [2.05, 4.69) is 9.88 Å². The van der Waals surface area contributed by atoms with Crippen molar-refractivity contribution >= 4 is 16.8 Å². The van der Waals surface area contributed by atoms with Gasteiger partial charge in [0.2, 0.25) is 0 Å². The zero-order valence-corrected chi connectivity index (χ0v) is 19.3. The second-order valence-electron chi connectivity index (χ2n) is 8.93. The molecule has 1 unspecified atom stereocenters. The van der Waals surface area contributed by atoms with Gasteiger partial charge in [-0.25, -0.2) is 4.79 Å². The van der Waals surface area contributed by atoms with E-state index in [9.17, 15) is 9.59 Å². The largest absolute Gasteiger partial charge is 0.489 e. The summed E-state index contributed by atoms with van der Waals surface area (Å²) < 4.78 is 7.79. The van der Waals surface area contributed by atoms with E-state index in [1.165, 1.54) is 0 Å². The van der Waals surface area contributed by atoms with Crippen LogP contribution in [-0.4, -0.2) is 39.4 Å². The highest BCUT2D eigenvalue weighted by Crippen LogP contribution is 2.27. The number of benzene rings is 3. The molecule has 174 valence electrons. The Kier molecular flexibility index (Phi) is 6.32. The van der Waals surface area contributed by atoms with Crippen LogP contribution in [0.3, 0.4) is 0 Å². The van der Waals surface area contributed by atoms with Crippen LogP contribution in [0.2, 0.25) is 0 Å². The lowest BCUT2D eigenvalue weighted by atomic mass is 9.99. The van der Waals surface area contributed by atoms with Gasteiger partial charge in [0.25, 0.3) is 0 Å². The predicted molar refractivity (Wildman–Crippen MR) is 133 cm³/mol. The fraction of sp³-hybridized carbons (Fsp3) is 0.286. The lowest BCUT2D eigenvalue weighted by Gasteiger charge is -2.35. The Hall–Kier alpha value is -3.64. The van der Waals surface area contributed by atoms with Gasteiger partial charge in [-0.3, -0.25) is 14.3 Å².